The monoisotopic (exact) mass is 241 g/mol. The third kappa shape index (κ3) is 4.24. The average molecular weight is 241 g/mol. The van der Waals surface area contributed by atoms with Crippen LogP contribution in [0.1, 0.15) is 49.8 Å². The van der Waals surface area contributed by atoms with E-state index in [1.165, 1.54) is 24.1 Å². The third-order valence-electron chi connectivity index (χ3n) is 2.98. The molecular weight excluding hydrogens is 218 g/mol. The van der Waals surface area contributed by atoms with Crippen molar-refractivity contribution in [2.45, 2.75) is 51.0 Å². The zero-order valence-corrected chi connectivity index (χ0v) is 10.9. The molecule has 3 N–H and O–H groups in total. The van der Waals surface area contributed by atoms with Crippen LogP contribution < -0.4 is 5.73 Å². The molecule has 0 aliphatic carbocycles. The van der Waals surface area contributed by atoms with Gasteiger partial charge < -0.3 is 10.8 Å². The predicted octanol–water partition coefficient (Wildman–Crippen LogP) is 3.12. The van der Waals surface area contributed by atoms with Crippen LogP contribution in [0, 0.1) is 0 Å². The van der Waals surface area contributed by atoms with Gasteiger partial charge >= 0.3 is 0 Å². The lowest BCUT2D eigenvalue weighted by atomic mass is 9.96. The largest absolute Gasteiger partial charge is 0.392 e. The fourth-order valence-electron chi connectivity index (χ4n) is 1.95. The minimum Gasteiger partial charge on any atom is -0.392 e. The maximum atomic E-state index is 10.1. The molecule has 0 fully saturated rings. The number of thiophene rings is 1. The first-order chi connectivity index (χ1) is 7.79. The maximum absolute atomic E-state index is 10.1. The SMILES string of the molecule is CCCCCCC(O)C(CN)c1cccs1. The second-order valence-electron chi connectivity index (χ2n) is 4.27. The van der Waals surface area contributed by atoms with Gasteiger partial charge in [0.2, 0.25) is 0 Å². The Labute approximate surface area is 102 Å². The smallest absolute Gasteiger partial charge is 0.0628 e. The minimum atomic E-state index is -0.277. The van der Waals surface area contributed by atoms with Gasteiger partial charge in [-0.05, 0) is 17.9 Å². The maximum Gasteiger partial charge on any atom is 0.0628 e. The Balaban J connectivity index is 2.35. The lowest BCUT2D eigenvalue weighted by molar-refractivity contribution is 0.133. The molecule has 0 aliphatic rings. The summed E-state index contributed by atoms with van der Waals surface area (Å²) in [4.78, 5) is 1.21. The van der Waals surface area contributed by atoms with Gasteiger partial charge in [0.1, 0.15) is 0 Å². The van der Waals surface area contributed by atoms with E-state index in [4.69, 9.17) is 5.73 Å². The van der Waals surface area contributed by atoms with Crippen LogP contribution in [0.25, 0.3) is 0 Å². The van der Waals surface area contributed by atoms with E-state index in [1.807, 2.05) is 11.4 Å². The molecule has 1 aromatic rings. The summed E-state index contributed by atoms with van der Waals surface area (Å²) in [7, 11) is 0. The van der Waals surface area contributed by atoms with E-state index in [-0.39, 0.29) is 12.0 Å². The van der Waals surface area contributed by atoms with E-state index in [9.17, 15) is 5.11 Å². The van der Waals surface area contributed by atoms with Gasteiger partial charge in [0.15, 0.2) is 0 Å². The Kier molecular flexibility index (Phi) is 6.69. The molecule has 0 amide bonds. The third-order valence-corrected chi connectivity index (χ3v) is 3.98. The van der Waals surface area contributed by atoms with Gasteiger partial charge in [-0.15, -0.1) is 11.3 Å². The highest BCUT2D eigenvalue weighted by atomic mass is 32.1. The molecule has 1 rings (SSSR count). The van der Waals surface area contributed by atoms with Gasteiger partial charge in [-0.3, -0.25) is 0 Å². The first-order valence-corrected chi connectivity index (χ1v) is 7.09. The fourth-order valence-corrected chi connectivity index (χ4v) is 2.85. The Hall–Kier alpha value is -0.380. The zero-order chi connectivity index (χ0) is 11.8. The molecular formula is C13H23NOS. The van der Waals surface area contributed by atoms with Crippen molar-refractivity contribution in [3.63, 3.8) is 0 Å². The molecule has 2 nitrogen and oxygen atoms in total. The van der Waals surface area contributed by atoms with Crippen LogP contribution in [0.4, 0.5) is 0 Å². The summed E-state index contributed by atoms with van der Waals surface area (Å²) < 4.78 is 0. The fraction of sp³-hybridized carbons (Fsp3) is 0.692. The van der Waals surface area contributed by atoms with Gasteiger partial charge in [0.25, 0.3) is 0 Å². The number of aliphatic hydroxyl groups is 1. The van der Waals surface area contributed by atoms with Crippen LogP contribution >= 0.6 is 11.3 Å². The second-order valence-corrected chi connectivity index (χ2v) is 5.25. The normalized spacial score (nSPS) is 14.9. The summed E-state index contributed by atoms with van der Waals surface area (Å²) in [5, 5.41) is 12.2. The lowest BCUT2D eigenvalue weighted by Crippen LogP contribution is -2.25. The summed E-state index contributed by atoms with van der Waals surface area (Å²) >= 11 is 1.69. The highest BCUT2D eigenvalue weighted by Gasteiger charge is 2.19. The molecule has 1 heterocycles. The predicted molar refractivity (Wildman–Crippen MR) is 70.9 cm³/mol. The van der Waals surface area contributed by atoms with E-state index < -0.39 is 0 Å². The van der Waals surface area contributed by atoms with Crippen molar-refractivity contribution in [3.05, 3.63) is 22.4 Å². The highest BCUT2D eigenvalue weighted by Crippen LogP contribution is 2.26. The molecule has 0 aromatic carbocycles. The van der Waals surface area contributed by atoms with Crippen molar-refractivity contribution in [2.24, 2.45) is 5.73 Å². The van der Waals surface area contributed by atoms with Crippen LogP contribution in [0.15, 0.2) is 17.5 Å². The summed E-state index contributed by atoms with van der Waals surface area (Å²) in [5.74, 6) is 0.127. The van der Waals surface area contributed by atoms with E-state index in [0.717, 1.165) is 12.8 Å². The molecule has 0 bridgehead atoms. The number of rotatable bonds is 8. The molecule has 2 unspecified atom stereocenters. The van der Waals surface area contributed by atoms with Gasteiger partial charge in [-0.25, -0.2) is 0 Å². The van der Waals surface area contributed by atoms with Crippen LogP contribution in [0.3, 0.4) is 0 Å². The van der Waals surface area contributed by atoms with Crippen LogP contribution in [0.5, 0.6) is 0 Å². The summed E-state index contributed by atoms with van der Waals surface area (Å²) in [6.45, 7) is 2.74. The summed E-state index contributed by atoms with van der Waals surface area (Å²) in [5.41, 5.74) is 5.74. The zero-order valence-electron chi connectivity index (χ0n) is 10.1. The van der Waals surface area contributed by atoms with Crippen molar-refractivity contribution >= 4 is 11.3 Å². The molecule has 2 atom stereocenters. The Bertz CT molecular complexity index is 261. The number of hydrogen-bond acceptors (Lipinski definition) is 3. The number of aliphatic hydroxyl groups excluding tert-OH is 1. The molecule has 0 spiro atoms. The van der Waals surface area contributed by atoms with Crippen molar-refractivity contribution in [1.29, 1.82) is 0 Å². The minimum absolute atomic E-state index is 0.127. The van der Waals surface area contributed by atoms with Crippen LogP contribution in [-0.2, 0) is 0 Å². The first-order valence-electron chi connectivity index (χ1n) is 6.21. The van der Waals surface area contributed by atoms with Crippen molar-refractivity contribution < 1.29 is 5.11 Å². The van der Waals surface area contributed by atoms with Gasteiger partial charge in [0, 0.05) is 17.3 Å². The molecule has 1 aromatic heterocycles. The molecule has 92 valence electrons. The van der Waals surface area contributed by atoms with Crippen molar-refractivity contribution in [1.82, 2.24) is 0 Å². The van der Waals surface area contributed by atoms with Crippen molar-refractivity contribution in [3.8, 4) is 0 Å². The van der Waals surface area contributed by atoms with E-state index in [0.29, 0.717) is 6.54 Å². The summed E-state index contributed by atoms with van der Waals surface area (Å²) in [6, 6.07) is 4.09. The Morgan fingerprint density at radius 2 is 2.19 bits per heavy atom. The lowest BCUT2D eigenvalue weighted by Gasteiger charge is -2.20. The molecule has 0 saturated heterocycles. The van der Waals surface area contributed by atoms with E-state index >= 15 is 0 Å². The second kappa shape index (κ2) is 7.82. The van der Waals surface area contributed by atoms with Gasteiger partial charge in [0.05, 0.1) is 6.10 Å². The van der Waals surface area contributed by atoms with Gasteiger partial charge in [-0.2, -0.15) is 0 Å². The van der Waals surface area contributed by atoms with Crippen molar-refractivity contribution in [2.75, 3.05) is 6.54 Å². The van der Waals surface area contributed by atoms with Gasteiger partial charge in [-0.1, -0.05) is 38.7 Å². The summed E-state index contributed by atoms with van der Waals surface area (Å²) in [6.07, 6.45) is 5.42. The number of unbranched alkanes of at least 4 members (excludes halogenated alkanes) is 3. The van der Waals surface area contributed by atoms with Crippen LogP contribution in [0.2, 0.25) is 0 Å². The first kappa shape index (κ1) is 13.7. The topological polar surface area (TPSA) is 46.2 Å². The van der Waals surface area contributed by atoms with E-state index in [2.05, 4.69) is 13.0 Å². The number of hydrogen-bond donors (Lipinski definition) is 2. The number of nitrogens with two attached hydrogens (primary N) is 1. The standard InChI is InChI=1S/C13H23NOS/c1-2-3-4-5-7-12(15)11(10-14)13-8-6-9-16-13/h6,8-9,11-12,15H,2-5,7,10,14H2,1H3. The van der Waals surface area contributed by atoms with Crippen LogP contribution in [-0.4, -0.2) is 17.8 Å². The Morgan fingerprint density at radius 1 is 1.38 bits per heavy atom. The highest BCUT2D eigenvalue weighted by molar-refractivity contribution is 7.10. The molecule has 16 heavy (non-hydrogen) atoms. The molecule has 0 aliphatic heterocycles. The molecule has 0 saturated carbocycles. The average Bonchev–Trinajstić information content (AvgIpc) is 2.79. The molecule has 0 radical (unpaired) electrons. The van der Waals surface area contributed by atoms with E-state index in [1.54, 1.807) is 11.3 Å². The quantitative estimate of drug-likeness (QED) is 0.687. The Morgan fingerprint density at radius 3 is 2.75 bits per heavy atom. The molecule has 3 heteroatoms.